The van der Waals surface area contributed by atoms with E-state index in [1.807, 2.05) is 4.90 Å². The van der Waals surface area contributed by atoms with E-state index in [-0.39, 0.29) is 29.0 Å². The molecule has 172 valence electrons. The molecule has 0 aliphatic carbocycles. The zero-order valence-corrected chi connectivity index (χ0v) is 18.5. The first kappa shape index (κ1) is 21.4. The maximum atomic E-state index is 13.2. The number of hydrogen-bond acceptors (Lipinski definition) is 5. The van der Waals surface area contributed by atoms with Gasteiger partial charge in [0.05, 0.1) is 22.8 Å². The summed E-state index contributed by atoms with van der Waals surface area (Å²) < 4.78 is 0. The van der Waals surface area contributed by atoms with Crippen LogP contribution in [0.1, 0.15) is 71.0 Å². The van der Waals surface area contributed by atoms with Crippen LogP contribution in [0.5, 0.6) is 0 Å². The van der Waals surface area contributed by atoms with E-state index >= 15 is 0 Å². The SMILES string of the molecule is O=C(c1cn[nH]c1C1CCN(C(=O)c2n[nH]c(=O)c3ccccc23)CC1)N1CCCCCC1. The third kappa shape index (κ3) is 4.15. The monoisotopic (exact) mass is 448 g/mol. The Morgan fingerprint density at radius 3 is 2.24 bits per heavy atom. The van der Waals surface area contributed by atoms with Crippen LogP contribution in [0.2, 0.25) is 0 Å². The highest BCUT2D eigenvalue weighted by atomic mass is 16.2. The van der Waals surface area contributed by atoms with E-state index in [1.165, 1.54) is 12.8 Å². The largest absolute Gasteiger partial charge is 0.339 e. The van der Waals surface area contributed by atoms with E-state index in [0.717, 1.165) is 44.5 Å². The highest BCUT2D eigenvalue weighted by Crippen LogP contribution is 2.30. The van der Waals surface area contributed by atoms with Crippen molar-refractivity contribution in [1.29, 1.82) is 0 Å². The van der Waals surface area contributed by atoms with Crippen LogP contribution in [-0.2, 0) is 0 Å². The minimum Gasteiger partial charge on any atom is -0.339 e. The molecule has 0 atom stereocenters. The van der Waals surface area contributed by atoms with E-state index < -0.39 is 0 Å². The van der Waals surface area contributed by atoms with Crippen LogP contribution >= 0.6 is 0 Å². The first-order valence-corrected chi connectivity index (χ1v) is 11.7. The van der Waals surface area contributed by atoms with E-state index in [0.29, 0.717) is 29.4 Å². The molecule has 0 saturated carbocycles. The van der Waals surface area contributed by atoms with Gasteiger partial charge in [-0.3, -0.25) is 19.5 Å². The summed E-state index contributed by atoms with van der Waals surface area (Å²) in [6.45, 7) is 2.71. The number of nitrogens with zero attached hydrogens (tertiary/aromatic N) is 4. The molecule has 2 aliphatic rings. The first-order chi connectivity index (χ1) is 16.1. The Morgan fingerprint density at radius 1 is 0.848 bits per heavy atom. The van der Waals surface area contributed by atoms with Gasteiger partial charge >= 0.3 is 0 Å². The summed E-state index contributed by atoms with van der Waals surface area (Å²) in [5.74, 6) is 0.0113. The Morgan fingerprint density at radius 2 is 1.52 bits per heavy atom. The molecule has 9 heteroatoms. The number of amides is 2. The summed E-state index contributed by atoms with van der Waals surface area (Å²) in [5.41, 5.74) is 1.50. The Labute approximate surface area is 191 Å². The van der Waals surface area contributed by atoms with Crippen molar-refractivity contribution in [2.45, 2.75) is 44.4 Å². The van der Waals surface area contributed by atoms with Crippen LogP contribution in [0.4, 0.5) is 0 Å². The zero-order chi connectivity index (χ0) is 22.8. The molecule has 2 aromatic heterocycles. The zero-order valence-electron chi connectivity index (χ0n) is 18.5. The minimum absolute atomic E-state index is 0.0584. The molecule has 2 fully saturated rings. The van der Waals surface area contributed by atoms with Gasteiger partial charge in [-0.2, -0.15) is 10.2 Å². The highest BCUT2D eigenvalue weighted by Gasteiger charge is 2.31. The number of benzene rings is 1. The summed E-state index contributed by atoms with van der Waals surface area (Å²) in [4.78, 5) is 42.1. The van der Waals surface area contributed by atoms with Gasteiger partial charge in [0.15, 0.2) is 5.69 Å². The molecule has 2 amide bonds. The molecule has 2 saturated heterocycles. The second-order valence-electron chi connectivity index (χ2n) is 8.92. The number of carbonyl (C=O) groups excluding carboxylic acids is 2. The molecule has 0 unspecified atom stereocenters. The van der Waals surface area contributed by atoms with Gasteiger partial charge in [0.1, 0.15) is 0 Å². The van der Waals surface area contributed by atoms with Crippen LogP contribution in [0.3, 0.4) is 0 Å². The standard InChI is InChI=1S/C24H28N6O3/c31-22-18-8-4-3-7-17(18)21(27-28-22)24(33)30-13-9-16(10-14-30)20-19(15-25-26-20)23(32)29-11-5-1-2-6-12-29/h3-4,7-8,15-16H,1-2,5-6,9-14H2,(H,25,26)(H,28,31). The lowest BCUT2D eigenvalue weighted by Gasteiger charge is -2.32. The average molecular weight is 449 g/mol. The fourth-order valence-electron chi connectivity index (χ4n) is 5.02. The number of aromatic amines is 2. The molecule has 0 radical (unpaired) electrons. The fraction of sp³-hybridized carbons (Fsp3) is 0.458. The van der Waals surface area contributed by atoms with Crippen molar-refractivity contribution in [2.75, 3.05) is 26.2 Å². The Balaban J connectivity index is 1.29. The number of aromatic nitrogens is 4. The van der Waals surface area contributed by atoms with E-state index in [2.05, 4.69) is 20.4 Å². The summed E-state index contributed by atoms with van der Waals surface area (Å²) in [6.07, 6.45) is 7.56. The lowest BCUT2D eigenvalue weighted by molar-refractivity contribution is 0.0700. The van der Waals surface area contributed by atoms with Crippen molar-refractivity contribution in [2.24, 2.45) is 0 Å². The van der Waals surface area contributed by atoms with Gasteiger partial charge in [0, 0.05) is 37.5 Å². The van der Waals surface area contributed by atoms with Crippen LogP contribution in [0.15, 0.2) is 35.3 Å². The first-order valence-electron chi connectivity index (χ1n) is 11.7. The van der Waals surface area contributed by atoms with Crippen LogP contribution in [-0.4, -0.2) is 68.2 Å². The number of piperidine rings is 1. The Kier molecular flexibility index (Phi) is 5.93. The summed E-state index contributed by atoms with van der Waals surface area (Å²) in [5, 5.41) is 14.8. The van der Waals surface area contributed by atoms with Gasteiger partial charge in [-0.1, -0.05) is 31.0 Å². The van der Waals surface area contributed by atoms with Gasteiger partial charge in [0.25, 0.3) is 17.4 Å². The van der Waals surface area contributed by atoms with Crippen LogP contribution in [0.25, 0.3) is 10.8 Å². The maximum Gasteiger partial charge on any atom is 0.274 e. The van der Waals surface area contributed by atoms with Crippen molar-refractivity contribution >= 4 is 22.6 Å². The number of nitrogens with one attached hydrogen (secondary N) is 2. The molecule has 0 spiro atoms. The Hall–Kier alpha value is -3.49. The van der Waals surface area contributed by atoms with Crippen molar-refractivity contribution in [3.63, 3.8) is 0 Å². The predicted octanol–water partition coefficient (Wildman–Crippen LogP) is 2.68. The van der Waals surface area contributed by atoms with Gasteiger partial charge in [-0.15, -0.1) is 0 Å². The topological polar surface area (TPSA) is 115 Å². The number of hydrogen-bond donors (Lipinski definition) is 2. The summed E-state index contributed by atoms with van der Waals surface area (Å²) in [6, 6.07) is 7.02. The third-order valence-electron chi connectivity index (χ3n) is 6.88. The molecule has 4 heterocycles. The molecule has 0 bridgehead atoms. The quantitative estimate of drug-likeness (QED) is 0.639. The lowest BCUT2D eigenvalue weighted by Crippen LogP contribution is -2.39. The maximum absolute atomic E-state index is 13.2. The summed E-state index contributed by atoms with van der Waals surface area (Å²) >= 11 is 0. The molecular weight excluding hydrogens is 420 g/mol. The number of fused-ring (bicyclic) bond motifs is 1. The van der Waals surface area contributed by atoms with Crippen molar-refractivity contribution in [1.82, 2.24) is 30.2 Å². The van der Waals surface area contributed by atoms with Crippen LogP contribution in [0, 0.1) is 0 Å². The van der Waals surface area contributed by atoms with Crippen molar-refractivity contribution in [3.8, 4) is 0 Å². The second-order valence-corrected chi connectivity index (χ2v) is 8.92. The molecular formula is C24H28N6O3. The number of H-pyrrole nitrogens is 2. The van der Waals surface area contributed by atoms with Crippen LogP contribution < -0.4 is 5.56 Å². The van der Waals surface area contributed by atoms with E-state index in [1.54, 1.807) is 35.4 Å². The molecule has 1 aromatic carbocycles. The number of likely N-dealkylation sites (tertiary alicyclic amines) is 2. The highest BCUT2D eigenvalue weighted by molar-refractivity contribution is 6.04. The van der Waals surface area contributed by atoms with E-state index in [9.17, 15) is 14.4 Å². The van der Waals surface area contributed by atoms with Gasteiger partial charge in [-0.05, 0) is 31.7 Å². The normalized spacial score (nSPS) is 17.8. The molecule has 2 aliphatic heterocycles. The van der Waals surface area contributed by atoms with Crippen molar-refractivity contribution in [3.05, 3.63) is 57.8 Å². The van der Waals surface area contributed by atoms with Gasteiger partial charge in [-0.25, -0.2) is 5.10 Å². The summed E-state index contributed by atoms with van der Waals surface area (Å²) in [7, 11) is 0. The number of rotatable bonds is 3. The molecule has 33 heavy (non-hydrogen) atoms. The molecule has 2 N–H and O–H groups in total. The smallest absolute Gasteiger partial charge is 0.274 e. The minimum atomic E-state index is -0.304. The van der Waals surface area contributed by atoms with E-state index in [4.69, 9.17) is 0 Å². The molecule has 9 nitrogen and oxygen atoms in total. The third-order valence-corrected chi connectivity index (χ3v) is 6.88. The average Bonchev–Trinajstić information content (AvgIpc) is 3.18. The van der Waals surface area contributed by atoms with Gasteiger partial charge < -0.3 is 9.80 Å². The molecule has 5 rings (SSSR count). The molecule has 3 aromatic rings. The Bertz CT molecular complexity index is 1220. The van der Waals surface area contributed by atoms with Gasteiger partial charge in [0.2, 0.25) is 0 Å². The predicted molar refractivity (Wildman–Crippen MR) is 123 cm³/mol. The second kappa shape index (κ2) is 9.17. The number of carbonyl (C=O) groups is 2. The lowest BCUT2D eigenvalue weighted by atomic mass is 9.90. The fourth-order valence-corrected chi connectivity index (χ4v) is 5.02. The van der Waals surface area contributed by atoms with Crippen molar-refractivity contribution < 1.29 is 9.59 Å².